The van der Waals surface area contributed by atoms with Gasteiger partial charge in [-0.1, -0.05) is 11.6 Å². The standard InChI is InChI=1S/C11H10BrClN4O2S/c12-8-4-3-7(6-9(8)13)17-20(18,19)10-2-1-5-15-11(10)16-14/h1-6,17H,14H2,(H,15,16). The Hall–Kier alpha value is -1.35. The van der Waals surface area contributed by atoms with Gasteiger partial charge in [-0.3, -0.25) is 4.72 Å². The quantitative estimate of drug-likeness (QED) is 0.562. The highest BCUT2D eigenvalue weighted by Crippen LogP contribution is 2.27. The lowest BCUT2D eigenvalue weighted by molar-refractivity contribution is 0.601. The maximum absolute atomic E-state index is 12.3. The van der Waals surface area contributed by atoms with Gasteiger partial charge in [-0.05, 0) is 46.3 Å². The number of benzene rings is 1. The second-order valence-corrected chi connectivity index (χ2v) is 6.64. The van der Waals surface area contributed by atoms with E-state index in [4.69, 9.17) is 17.4 Å². The first kappa shape index (κ1) is 15.0. The molecule has 0 aliphatic carbocycles. The first-order chi connectivity index (χ1) is 9.44. The highest BCUT2D eigenvalue weighted by atomic mass is 79.9. The first-order valence-corrected chi connectivity index (χ1v) is 7.99. The molecule has 0 unspecified atom stereocenters. The van der Waals surface area contributed by atoms with Crippen LogP contribution in [0.2, 0.25) is 5.02 Å². The Kier molecular flexibility index (Phi) is 4.48. The Morgan fingerprint density at radius 1 is 1.30 bits per heavy atom. The van der Waals surface area contributed by atoms with Gasteiger partial charge in [0, 0.05) is 10.7 Å². The van der Waals surface area contributed by atoms with E-state index in [1.165, 1.54) is 24.4 Å². The number of anilines is 2. The van der Waals surface area contributed by atoms with Gasteiger partial charge in [-0.25, -0.2) is 19.2 Å². The lowest BCUT2D eigenvalue weighted by Crippen LogP contribution is -2.18. The summed E-state index contributed by atoms with van der Waals surface area (Å²) in [6.45, 7) is 0. The van der Waals surface area contributed by atoms with E-state index in [2.05, 4.69) is 31.1 Å². The molecule has 4 N–H and O–H groups in total. The van der Waals surface area contributed by atoms with Gasteiger partial charge in [-0.2, -0.15) is 0 Å². The van der Waals surface area contributed by atoms with Crippen LogP contribution >= 0.6 is 27.5 Å². The number of nitrogens with two attached hydrogens (primary N) is 1. The molecule has 9 heteroatoms. The summed E-state index contributed by atoms with van der Waals surface area (Å²) in [7, 11) is -3.81. The zero-order valence-corrected chi connectivity index (χ0v) is 13.1. The molecule has 0 atom stereocenters. The average molecular weight is 378 g/mol. The van der Waals surface area contributed by atoms with Crippen LogP contribution in [0.25, 0.3) is 0 Å². The van der Waals surface area contributed by atoms with Crippen molar-refractivity contribution in [3.63, 3.8) is 0 Å². The molecule has 0 saturated carbocycles. The van der Waals surface area contributed by atoms with Crippen LogP contribution in [0.15, 0.2) is 45.9 Å². The van der Waals surface area contributed by atoms with Gasteiger partial charge in [0.25, 0.3) is 10.0 Å². The number of nitrogen functional groups attached to an aromatic ring is 1. The Balaban J connectivity index is 2.38. The van der Waals surface area contributed by atoms with Gasteiger partial charge in [-0.15, -0.1) is 0 Å². The Bertz CT molecular complexity index is 739. The monoisotopic (exact) mass is 376 g/mol. The van der Waals surface area contributed by atoms with Crippen LogP contribution in [-0.4, -0.2) is 13.4 Å². The summed E-state index contributed by atoms with van der Waals surface area (Å²) in [5.74, 6) is 5.31. The van der Waals surface area contributed by atoms with Crippen LogP contribution in [0.5, 0.6) is 0 Å². The van der Waals surface area contributed by atoms with Crippen LogP contribution in [0.4, 0.5) is 11.5 Å². The van der Waals surface area contributed by atoms with Crippen molar-refractivity contribution in [3.05, 3.63) is 46.0 Å². The van der Waals surface area contributed by atoms with Crippen LogP contribution in [0, 0.1) is 0 Å². The predicted molar refractivity (Wildman–Crippen MR) is 82.0 cm³/mol. The van der Waals surface area contributed by atoms with Crippen LogP contribution in [-0.2, 0) is 10.0 Å². The second-order valence-electron chi connectivity index (χ2n) is 3.73. The number of hydrogen-bond acceptors (Lipinski definition) is 5. The summed E-state index contributed by atoms with van der Waals surface area (Å²) in [5.41, 5.74) is 2.58. The van der Waals surface area contributed by atoms with E-state index in [1.807, 2.05) is 0 Å². The van der Waals surface area contributed by atoms with Gasteiger partial charge in [0.05, 0.1) is 10.7 Å². The summed E-state index contributed by atoms with van der Waals surface area (Å²) < 4.78 is 27.6. The van der Waals surface area contributed by atoms with Crippen LogP contribution in [0.1, 0.15) is 0 Å². The Morgan fingerprint density at radius 2 is 2.05 bits per heavy atom. The van der Waals surface area contributed by atoms with Gasteiger partial charge in [0.1, 0.15) is 4.90 Å². The van der Waals surface area contributed by atoms with Crippen molar-refractivity contribution < 1.29 is 8.42 Å². The van der Waals surface area contributed by atoms with E-state index in [0.29, 0.717) is 15.2 Å². The maximum atomic E-state index is 12.3. The third-order valence-electron chi connectivity index (χ3n) is 2.37. The Labute approximate surface area is 129 Å². The maximum Gasteiger partial charge on any atom is 0.265 e. The average Bonchev–Trinajstić information content (AvgIpc) is 2.42. The SMILES string of the molecule is NNc1ncccc1S(=O)(=O)Nc1ccc(Br)c(Cl)c1. The van der Waals surface area contributed by atoms with Gasteiger partial charge in [0.2, 0.25) is 0 Å². The van der Waals surface area contributed by atoms with Crippen molar-refractivity contribution in [2.24, 2.45) is 5.84 Å². The van der Waals surface area contributed by atoms with Crippen molar-refractivity contribution in [3.8, 4) is 0 Å². The number of rotatable bonds is 4. The fraction of sp³-hybridized carbons (Fsp3) is 0. The molecular formula is C11H10BrClN4O2S. The molecule has 2 aromatic rings. The van der Waals surface area contributed by atoms with Gasteiger partial charge >= 0.3 is 0 Å². The molecule has 0 spiro atoms. The molecule has 0 aliphatic heterocycles. The highest BCUT2D eigenvalue weighted by molar-refractivity contribution is 9.10. The van der Waals surface area contributed by atoms with Gasteiger partial charge < -0.3 is 5.43 Å². The lowest BCUT2D eigenvalue weighted by atomic mass is 10.3. The van der Waals surface area contributed by atoms with Crippen LogP contribution in [0.3, 0.4) is 0 Å². The number of nitrogens with zero attached hydrogens (tertiary/aromatic N) is 1. The predicted octanol–water partition coefficient (Wildman–Crippen LogP) is 2.58. The number of aromatic nitrogens is 1. The minimum Gasteiger partial charge on any atom is -0.307 e. The van der Waals surface area contributed by atoms with E-state index in [9.17, 15) is 8.42 Å². The fourth-order valence-electron chi connectivity index (χ4n) is 1.49. The summed E-state index contributed by atoms with van der Waals surface area (Å²) in [4.78, 5) is 3.79. The molecule has 1 aromatic carbocycles. The molecule has 0 bridgehead atoms. The first-order valence-electron chi connectivity index (χ1n) is 5.33. The third-order valence-corrected chi connectivity index (χ3v) is 5.01. The molecule has 2 rings (SSSR count). The second kappa shape index (κ2) is 5.96. The summed E-state index contributed by atoms with van der Waals surface area (Å²) >= 11 is 9.15. The fourth-order valence-corrected chi connectivity index (χ4v) is 3.08. The number of nitrogens with one attached hydrogen (secondary N) is 2. The number of halogens is 2. The molecule has 20 heavy (non-hydrogen) atoms. The number of pyridine rings is 1. The molecule has 0 aliphatic rings. The molecular weight excluding hydrogens is 368 g/mol. The van der Waals surface area contributed by atoms with Crippen molar-refractivity contribution in [2.75, 3.05) is 10.1 Å². The van der Waals surface area contributed by atoms with E-state index in [-0.39, 0.29) is 10.7 Å². The van der Waals surface area contributed by atoms with Crippen molar-refractivity contribution in [1.29, 1.82) is 0 Å². The van der Waals surface area contributed by atoms with Crippen molar-refractivity contribution in [1.82, 2.24) is 4.98 Å². The highest BCUT2D eigenvalue weighted by Gasteiger charge is 2.19. The summed E-state index contributed by atoms with van der Waals surface area (Å²) in [6, 6.07) is 7.62. The Morgan fingerprint density at radius 3 is 2.70 bits per heavy atom. The smallest absolute Gasteiger partial charge is 0.265 e. The van der Waals surface area contributed by atoms with E-state index in [0.717, 1.165) is 0 Å². The van der Waals surface area contributed by atoms with Gasteiger partial charge in [0.15, 0.2) is 5.82 Å². The lowest BCUT2D eigenvalue weighted by Gasteiger charge is -2.11. The summed E-state index contributed by atoms with van der Waals surface area (Å²) in [5, 5.41) is 0.397. The topological polar surface area (TPSA) is 97.1 Å². The van der Waals surface area contributed by atoms with E-state index >= 15 is 0 Å². The van der Waals surface area contributed by atoms with Crippen molar-refractivity contribution in [2.45, 2.75) is 4.90 Å². The molecule has 0 amide bonds. The zero-order valence-electron chi connectivity index (χ0n) is 9.97. The molecule has 0 fully saturated rings. The normalized spacial score (nSPS) is 11.2. The van der Waals surface area contributed by atoms with E-state index < -0.39 is 10.0 Å². The minimum atomic E-state index is -3.81. The van der Waals surface area contributed by atoms with E-state index in [1.54, 1.807) is 12.1 Å². The molecule has 1 heterocycles. The largest absolute Gasteiger partial charge is 0.307 e. The molecule has 0 radical (unpaired) electrons. The minimum absolute atomic E-state index is 0.0541. The molecule has 6 nitrogen and oxygen atoms in total. The summed E-state index contributed by atoms with van der Waals surface area (Å²) in [6.07, 6.45) is 1.44. The number of hydrazine groups is 1. The molecule has 1 aromatic heterocycles. The van der Waals surface area contributed by atoms with Crippen molar-refractivity contribution >= 4 is 49.1 Å². The third kappa shape index (κ3) is 3.21. The molecule has 106 valence electrons. The van der Waals surface area contributed by atoms with Crippen LogP contribution < -0.4 is 16.0 Å². The molecule has 0 saturated heterocycles. The zero-order chi connectivity index (χ0) is 14.8. The number of sulfonamides is 1. The number of hydrogen-bond donors (Lipinski definition) is 3.